The third-order valence-corrected chi connectivity index (χ3v) is 5.35. The Balaban J connectivity index is 2.03. The van der Waals surface area contributed by atoms with E-state index < -0.39 is 10.0 Å². The van der Waals surface area contributed by atoms with E-state index in [0.29, 0.717) is 17.1 Å². The summed E-state index contributed by atoms with van der Waals surface area (Å²) in [4.78, 5) is 0.239. The molecule has 3 aromatic rings. The van der Waals surface area contributed by atoms with Gasteiger partial charge in [-0.25, -0.2) is 8.42 Å². The summed E-state index contributed by atoms with van der Waals surface area (Å²) in [6, 6.07) is 13.3. The number of aromatic nitrogens is 2. The van der Waals surface area contributed by atoms with Crippen LogP contribution in [-0.4, -0.2) is 18.2 Å². The van der Waals surface area contributed by atoms with Gasteiger partial charge in [0.1, 0.15) is 4.90 Å². The first-order chi connectivity index (χ1) is 10.4. The van der Waals surface area contributed by atoms with E-state index >= 15 is 0 Å². The van der Waals surface area contributed by atoms with Crippen molar-refractivity contribution in [2.75, 3.05) is 4.72 Å². The van der Waals surface area contributed by atoms with E-state index in [4.69, 9.17) is 0 Å². The van der Waals surface area contributed by atoms with E-state index in [0.717, 1.165) is 10.8 Å². The van der Waals surface area contributed by atoms with Gasteiger partial charge in [0.05, 0.1) is 11.4 Å². The summed E-state index contributed by atoms with van der Waals surface area (Å²) in [5, 5.41) is 6.22. The molecule has 0 aliphatic heterocycles. The first-order valence-electron chi connectivity index (χ1n) is 6.90. The molecule has 0 saturated heterocycles. The molecule has 0 saturated carbocycles. The maximum atomic E-state index is 12.6. The Bertz CT molecular complexity index is 959. The number of anilines is 1. The van der Waals surface area contributed by atoms with Gasteiger partial charge in [-0.2, -0.15) is 5.10 Å². The van der Waals surface area contributed by atoms with E-state index in [2.05, 4.69) is 9.82 Å². The second-order valence-electron chi connectivity index (χ2n) is 5.29. The van der Waals surface area contributed by atoms with E-state index in [-0.39, 0.29) is 4.90 Å². The van der Waals surface area contributed by atoms with Gasteiger partial charge in [0, 0.05) is 12.7 Å². The van der Waals surface area contributed by atoms with Crippen LogP contribution >= 0.6 is 0 Å². The van der Waals surface area contributed by atoms with Gasteiger partial charge in [-0.05, 0) is 36.8 Å². The third kappa shape index (κ3) is 2.46. The normalized spacial score (nSPS) is 11.8. The lowest BCUT2D eigenvalue weighted by Crippen LogP contribution is -2.14. The van der Waals surface area contributed by atoms with Gasteiger partial charge in [-0.1, -0.05) is 30.3 Å². The van der Waals surface area contributed by atoms with Gasteiger partial charge in [0.25, 0.3) is 10.0 Å². The highest BCUT2D eigenvalue weighted by atomic mass is 32.2. The summed E-state index contributed by atoms with van der Waals surface area (Å²) < 4.78 is 29.5. The number of sulfonamides is 1. The Morgan fingerprint density at radius 2 is 1.73 bits per heavy atom. The second kappa shape index (κ2) is 5.14. The predicted octanol–water partition coefficient (Wildman–Crippen LogP) is 2.99. The molecule has 0 aliphatic rings. The van der Waals surface area contributed by atoms with E-state index in [1.165, 1.54) is 0 Å². The standard InChI is InChI=1S/C16H17N3O2S/c1-11-16(12(2)19(3)17-11)22(20,21)18-15-9-8-13-6-4-5-7-14(13)10-15/h4-10,18H,1-3H3. The summed E-state index contributed by atoms with van der Waals surface area (Å²) in [6.45, 7) is 3.44. The smallest absolute Gasteiger partial charge is 0.265 e. The minimum absolute atomic E-state index is 0.239. The molecule has 0 unspecified atom stereocenters. The molecule has 3 rings (SSSR count). The lowest BCUT2D eigenvalue weighted by atomic mass is 10.1. The number of nitrogens with zero attached hydrogens (tertiary/aromatic N) is 2. The summed E-state index contributed by atoms with van der Waals surface area (Å²) in [6.07, 6.45) is 0. The van der Waals surface area contributed by atoms with Crippen LogP contribution < -0.4 is 4.72 Å². The molecule has 0 radical (unpaired) electrons. The van der Waals surface area contributed by atoms with Crippen LogP contribution in [0, 0.1) is 13.8 Å². The first kappa shape index (κ1) is 14.6. The Morgan fingerprint density at radius 3 is 2.36 bits per heavy atom. The maximum absolute atomic E-state index is 12.6. The maximum Gasteiger partial charge on any atom is 0.265 e. The Kier molecular flexibility index (Phi) is 3.41. The molecule has 2 aromatic carbocycles. The molecular weight excluding hydrogens is 298 g/mol. The fraction of sp³-hybridized carbons (Fsp3) is 0.188. The largest absolute Gasteiger partial charge is 0.279 e. The zero-order valence-electron chi connectivity index (χ0n) is 12.7. The molecule has 6 heteroatoms. The highest BCUT2D eigenvalue weighted by Crippen LogP contribution is 2.24. The van der Waals surface area contributed by atoms with Crippen molar-refractivity contribution in [1.29, 1.82) is 0 Å². The van der Waals surface area contributed by atoms with Crippen LogP contribution in [0.1, 0.15) is 11.4 Å². The quantitative estimate of drug-likeness (QED) is 0.808. The first-order valence-corrected chi connectivity index (χ1v) is 8.38. The van der Waals surface area contributed by atoms with Crippen molar-refractivity contribution in [3.8, 4) is 0 Å². The Morgan fingerprint density at radius 1 is 1.05 bits per heavy atom. The lowest BCUT2D eigenvalue weighted by Gasteiger charge is -2.09. The molecular formula is C16H17N3O2S. The zero-order valence-corrected chi connectivity index (χ0v) is 13.5. The van der Waals surface area contributed by atoms with Crippen molar-refractivity contribution in [3.05, 3.63) is 53.9 Å². The molecule has 1 aromatic heterocycles. The van der Waals surface area contributed by atoms with E-state index in [9.17, 15) is 8.42 Å². The van der Waals surface area contributed by atoms with Crippen LogP contribution in [0.4, 0.5) is 5.69 Å². The SMILES string of the molecule is Cc1nn(C)c(C)c1S(=O)(=O)Nc1ccc2ccccc2c1. The average Bonchev–Trinajstić information content (AvgIpc) is 2.72. The van der Waals surface area contributed by atoms with Gasteiger partial charge in [0.2, 0.25) is 0 Å². The number of aryl methyl sites for hydroxylation is 2. The highest BCUT2D eigenvalue weighted by Gasteiger charge is 2.23. The lowest BCUT2D eigenvalue weighted by molar-refractivity contribution is 0.599. The van der Waals surface area contributed by atoms with Crippen LogP contribution in [0.3, 0.4) is 0 Å². The molecule has 0 spiro atoms. The molecule has 1 N–H and O–H groups in total. The van der Waals surface area contributed by atoms with Gasteiger partial charge < -0.3 is 0 Å². The van der Waals surface area contributed by atoms with Crippen LogP contribution in [0.5, 0.6) is 0 Å². The van der Waals surface area contributed by atoms with Crippen molar-refractivity contribution < 1.29 is 8.42 Å². The monoisotopic (exact) mass is 315 g/mol. The highest BCUT2D eigenvalue weighted by molar-refractivity contribution is 7.92. The Hall–Kier alpha value is -2.34. The van der Waals surface area contributed by atoms with Crippen molar-refractivity contribution in [3.63, 3.8) is 0 Å². The van der Waals surface area contributed by atoms with E-state index in [1.54, 1.807) is 31.6 Å². The molecule has 0 fully saturated rings. The molecule has 22 heavy (non-hydrogen) atoms. The number of hydrogen-bond donors (Lipinski definition) is 1. The molecule has 5 nitrogen and oxygen atoms in total. The number of hydrogen-bond acceptors (Lipinski definition) is 3. The van der Waals surface area contributed by atoms with Gasteiger partial charge in [-0.15, -0.1) is 0 Å². The number of rotatable bonds is 3. The third-order valence-electron chi connectivity index (χ3n) is 3.71. The molecule has 1 heterocycles. The fourth-order valence-corrected chi connectivity index (χ4v) is 4.09. The van der Waals surface area contributed by atoms with E-state index in [1.807, 2.05) is 36.4 Å². The minimum atomic E-state index is -3.66. The van der Waals surface area contributed by atoms with Crippen molar-refractivity contribution in [2.24, 2.45) is 7.05 Å². The fourth-order valence-electron chi connectivity index (χ4n) is 2.60. The molecule has 0 amide bonds. The molecule has 114 valence electrons. The summed E-state index contributed by atoms with van der Waals surface area (Å²) in [7, 11) is -1.92. The van der Waals surface area contributed by atoms with Gasteiger partial charge in [-0.3, -0.25) is 9.40 Å². The topological polar surface area (TPSA) is 64.0 Å². The number of nitrogens with one attached hydrogen (secondary N) is 1. The van der Waals surface area contributed by atoms with Crippen molar-refractivity contribution in [1.82, 2.24) is 9.78 Å². The molecule has 0 bridgehead atoms. The zero-order chi connectivity index (χ0) is 15.9. The summed E-state index contributed by atoms with van der Waals surface area (Å²) in [5.74, 6) is 0. The molecule has 0 atom stereocenters. The van der Waals surface area contributed by atoms with Gasteiger partial charge >= 0.3 is 0 Å². The average molecular weight is 315 g/mol. The minimum Gasteiger partial charge on any atom is -0.279 e. The molecule has 0 aliphatic carbocycles. The number of benzene rings is 2. The van der Waals surface area contributed by atoms with Crippen molar-refractivity contribution >= 4 is 26.5 Å². The van der Waals surface area contributed by atoms with Crippen LogP contribution in [0.15, 0.2) is 47.4 Å². The second-order valence-corrected chi connectivity index (χ2v) is 6.91. The summed E-state index contributed by atoms with van der Waals surface area (Å²) >= 11 is 0. The van der Waals surface area contributed by atoms with Crippen molar-refractivity contribution in [2.45, 2.75) is 18.7 Å². The predicted molar refractivity (Wildman–Crippen MR) is 87.4 cm³/mol. The van der Waals surface area contributed by atoms with Crippen LogP contribution in [0.25, 0.3) is 10.8 Å². The number of fused-ring (bicyclic) bond motifs is 1. The van der Waals surface area contributed by atoms with Crippen LogP contribution in [0.2, 0.25) is 0 Å². The van der Waals surface area contributed by atoms with Crippen LogP contribution in [-0.2, 0) is 17.1 Å². The van der Waals surface area contributed by atoms with Gasteiger partial charge in [0.15, 0.2) is 0 Å². The Labute approximate surface area is 129 Å². The summed E-state index contributed by atoms with van der Waals surface area (Å²) in [5.41, 5.74) is 1.65.